The molecule has 21 heavy (non-hydrogen) atoms. The quantitative estimate of drug-likeness (QED) is 0.928. The maximum Gasteiger partial charge on any atom is 0.224 e. The highest BCUT2D eigenvalue weighted by molar-refractivity contribution is 5.66. The first-order valence-corrected chi connectivity index (χ1v) is 7.72. The summed E-state index contributed by atoms with van der Waals surface area (Å²) in [7, 11) is 0. The Morgan fingerprint density at radius 2 is 2.19 bits per heavy atom. The van der Waals surface area contributed by atoms with Crippen LogP contribution in [0.15, 0.2) is 30.5 Å². The van der Waals surface area contributed by atoms with Crippen LogP contribution in [0.2, 0.25) is 0 Å². The van der Waals surface area contributed by atoms with Crippen molar-refractivity contribution in [1.29, 1.82) is 0 Å². The van der Waals surface area contributed by atoms with Crippen LogP contribution >= 0.6 is 0 Å². The van der Waals surface area contributed by atoms with Crippen molar-refractivity contribution in [3.63, 3.8) is 0 Å². The maximum atomic E-state index is 4.66. The van der Waals surface area contributed by atoms with Crippen LogP contribution in [0.3, 0.4) is 0 Å². The second-order valence-corrected chi connectivity index (χ2v) is 5.55. The SMILES string of the molecule is CCCNc1nccc(N2CCCc3cc(C)ccc32)n1. The molecular weight excluding hydrogens is 260 g/mol. The van der Waals surface area contributed by atoms with Gasteiger partial charge >= 0.3 is 0 Å². The van der Waals surface area contributed by atoms with Gasteiger partial charge in [-0.3, -0.25) is 0 Å². The van der Waals surface area contributed by atoms with E-state index in [0.717, 1.165) is 38.2 Å². The lowest BCUT2D eigenvalue weighted by atomic mass is 9.99. The third-order valence-electron chi connectivity index (χ3n) is 3.80. The van der Waals surface area contributed by atoms with Crippen LogP contribution in [0.4, 0.5) is 17.5 Å². The smallest absolute Gasteiger partial charge is 0.224 e. The van der Waals surface area contributed by atoms with Crippen LogP contribution in [0.1, 0.15) is 30.9 Å². The van der Waals surface area contributed by atoms with E-state index in [2.05, 4.69) is 52.2 Å². The molecule has 0 amide bonds. The Hall–Kier alpha value is -2.10. The Kier molecular flexibility index (Phi) is 4.04. The number of rotatable bonds is 4. The molecule has 0 radical (unpaired) electrons. The second-order valence-electron chi connectivity index (χ2n) is 5.55. The lowest BCUT2D eigenvalue weighted by Gasteiger charge is -2.30. The van der Waals surface area contributed by atoms with Gasteiger partial charge in [-0.25, -0.2) is 4.98 Å². The highest BCUT2D eigenvalue weighted by Gasteiger charge is 2.19. The van der Waals surface area contributed by atoms with Crippen molar-refractivity contribution < 1.29 is 0 Å². The summed E-state index contributed by atoms with van der Waals surface area (Å²) in [6.45, 7) is 6.20. The first-order valence-electron chi connectivity index (χ1n) is 7.72. The Labute approximate surface area is 126 Å². The van der Waals surface area contributed by atoms with Gasteiger partial charge in [-0.1, -0.05) is 24.6 Å². The number of hydrogen-bond acceptors (Lipinski definition) is 4. The third kappa shape index (κ3) is 2.99. The van der Waals surface area contributed by atoms with E-state index in [1.807, 2.05) is 12.3 Å². The van der Waals surface area contributed by atoms with Crippen molar-refractivity contribution in [3.8, 4) is 0 Å². The molecule has 0 spiro atoms. The lowest BCUT2D eigenvalue weighted by molar-refractivity contribution is 0.757. The predicted molar refractivity (Wildman–Crippen MR) is 87.3 cm³/mol. The minimum atomic E-state index is 0.716. The zero-order valence-corrected chi connectivity index (χ0v) is 12.8. The van der Waals surface area contributed by atoms with Crippen molar-refractivity contribution in [2.75, 3.05) is 23.3 Å². The van der Waals surface area contributed by atoms with Gasteiger partial charge in [-0.15, -0.1) is 0 Å². The normalized spacial score (nSPS) is 13.9. The minimum Gasteiger partial charge on any atom is -0.354 e. The van der Waals surface area contributed by atoms with Crippen molar-refractivity contribution in [2.45, 2.75) is 33.1 Å². The number of nitrogens with zero attached hydrogens (tertiary/aromatic N) is 3. The van der Waals surface area contributed by atoms with Crippen LogP contribution in [0, 0.1) is 6.92 Å². The molecule has 0 atom stereocenters. The number of aryl methyl sites for hydroxylation is 2. The summed E-state index contributed by atoms with van der Waals surface area (Å²) in [4.78, 5) is 11.3. The van der Waals surface area contributed by atoms with E-state index < -0.39 is 0 Å². The first-order chi connectivity index (χ1) is 10.3. The number of aromatic nitrogens is 2. The van der Waals surface area contributed by atoms with Gasteiger partial charge in [0.1, 0.15) is 5.82 Å². The van der Waals surface area contributed by atoms with Gasteiger partial charge in [0, 0.05) is 25.0 Å². The molecule has 4 heteroatoms. The topological polar surface area (TPSA) is 41.1 Å². The van der Waals surface area contributed by atoms with E-state index in [4.69, 9.17) is 0 Å². The summed E-state index contributed by atoms with van der Waals surface area (Å²) in [5, 5.41) is 3.26. The zero-order valence-electron chi connectivity index (χ0n) is 12.8. The second kappa shape index (κ2) is 6.12. The van der Waals surface area contributed by atoms with Gasteiger partial charge in [0.15, 0.2) is 0 Å². The zero-order chi connectivity index (χ0) is 14.7. The summed E-state index contributed by atoms with van der Waals surface area (Å²) in [5.74, 6) is 1.70. The highest BCUT2D eigenvalue weighted by Crippen LogP contribution is 2.33. The lowest BCUT2D eigenvalue weighted by Crippen LogP contribution is -2.25. The molecule has 2 aromatic rings. The van der Waals surface area contributed by atoms with Crippen molar-refractivity contribution in [1.82, 2.24) is 9.97 Å². The fourth-order valence-corrected chi connectivity index (χ4v) is 2.79. The molecule has 1 aliphatic rings. The molecule has 1 aliphatic heterocycles. The van der Waals surface area contributed by atoms with E-state index in [1.165, 1.54) is 16.8 Å². The molecule has 0 aliphatic carbocycles. The Balaban J connectivity index is 1.91. The summed E-state index contributed by atoms with van der Waals surface area (Å²) in [5.41, 5.74) is 4.03. The van der Waals surface area contributed by atoms with E-state index in [0.29, 0.717) is 5.95 Å². The predicted octanol–water partition coefficient (Wildman–Crippen LogP) is 3.69. The van der Waals surface area contributed by atoms with Crippen molar-refractivity contribution in [3.05, 3.63) is 41.6 Å². The van der Waals surface area contributed by atoms with E-state index >= 15 is 0 Å². The third-order valence-corrected chi connectivity index (χ3v) is 3.80. The average Bonchev–Trinajstić information content (AvgIpc) is 2.52. The van der Waals surface area contributed by atoms with Gasteiger partial charge in [0.2, 0.25) is 5.95 Å². The number of hydrogen-bond donors (Lipinski definition) is 1. The standard InChI is InChI=1S/C17H22N4/c1-3-9-18-17-19-10-8-16(20-17)21-11-4-5-14-12-13(2)6-7-15(14)21/h6-8,10,12H,3-5,9,11H2,1-2H3,(H,18,19,20). The summed E-state index contributed by atoms with van der Waals surface area (Å²) in [6, 6.07) is 8.67. The fourth-order valence-electron chi connectivity index (χ4n) is 2.79. The number of anilines is 3. The summed E-state index contributed by atoms with van der Waals surface area (Å²) >= 11 is 0. The number of benzene rings is 1. The Morgan fingerprint density at radius 1 is 1.29 bits per heavy atom. The van der Waals surface area contributed by atoms with Gasteiger partial charge in [0.25, 0.3) is 0 Å². The molecule has 3 rings (SSSR count). The average molecular weight is 282 g/mol. The van der Waals surface area contributed by atoms with E-state index in [9.17, 15) is 0 Å². The molecule has 1 aromatic heterocycles. The van der Waals surface area contributed by atoms with Crippen LogP contribution in [-0.4, -0.2) is 23.1 Å². The van der Waals surface area contributed by atoms with Crippen LogP contribution in [-0.2, 0) is 6.42 Å². The fraction of sp³-hybridized carbons (Fsp3) is 0.412. The van der Waals surface area contributed by atoms with E-state index in [1.54, 1.807) is 0 Å². The summed E-state index contributed by atoms with van der Waals surface area (Å²) < 4.78 is 0. The largest absolute Gasteiger partial charge is 0.354 e. The number of nitrogens with one attached hydrogen (secondary N) is 1. The van der Waals surface area contributed by atoms with Crippen LogP contribution in [0.5, 0.6) is 0 Å². The maximum absolute atomic E-state index is 4.66. The van der Waals surface area contributed by atoms with E-state index in [-0.39, 0.29) is 0 Å². The monoisotopic (exact) mass is 282 g/mol. The van der Waals surface area contributed by atoms with Gasteiger partial charge in [-0.05, 0) is 43.9 Å². The molecule has 0 bridgehead atoms. The Bertz CT molecular complexity index is 624. The molecule has 0 saturated carbocycles. The van der Waals surface area contributed by atoms with Crippen molar-refractivity contribution in [2.24, 2.45) is 0 Å². The molecule has 0 fully saturated rings. The Morgan fingerprint density at radius 3 is 3.05 bits per heavy atom. The molecule has 1 aromatic carbocycles. The van der Waals surface area contributed by atoms with Gasteiger partial charge in [0.05, 0.1) is 0 Å². The van der Waals surface area contributed by atoms with Crippen LogP contribution < -0.4 is 10.2 Å². The molecule has 2 heterocycles. The molecule has 1 N–H and O–H groups in total. The molecule has 0 saturated heterocycles. The number of fused-ring (bicyclic) bond motifs is 1. The molecule has 0 unspecified atom stereocenters. The van der Waals surface area contributed by atoms with Gasteiger partial charge in [-0.2, -0.15) is 4.98 Å². The minimum absolute atomic E-state index is 0.716. The van der Waals surface area contributed by atoms with Crippen molar-refractivity contribution >= 4 is 17.5 Å². The molecule has 4 nitrogen and oxygen atoms in total. The van der Waals surface area contributed by atoms with Gasteiger partial charge < -0.3 is 10.2 Å². The first kappa shape index (κ1) is 13.9. The summed E-state index contributed by atoms with van der Waals surface area (Å²) in [6.07, 6.45) is 5.22. The molecular formula is C17H22N4. The van der Waals surface area contributed by atoms with Crippen LogP contribution in [0.25, 0.3) is 0 Å². The molecule has 110 valence electrons. The highest BCUT2D eigenvalue weighted by atomic mass is 15.2.